The molecule has 0 aliphatic carbocycles. The Morgan fingerprint density at radius 1 is 1.42 bits per heavy atom. The lowest BCUT2D eigenvalue weighted by Crippen LogP contribution is -2.57. The zero-order valence-electron chi connectivity index (χ0n) is 6.49. The van der Waals surface area contributed by atoms with Crippen molar-refractivity contribution in [1.29, 1.82) is 0 Å². The molecule has 0 aromatic carbocycles. The minimum Gasteiger partial charge on any atom is -0.390 e. The fraction of sp³-hybridized carbons (Fsp3) is 0.714. The monoisotopic (exact) mass is 170 g/mol. The van der Waals surface area contributed by atoms with Gasteiger partial charge < -0.3 is 5.11 Å². The summed E-state index contributed by atoms with van der Waals surface area (Å²) in [6, 6.07) is -0.333. The van der Waals surface area contributed by atoms with Crippen molar-refractivity contribution in [1.82, 2.24) is 10.2 Å². The first-order valence-electron chi connectivity index (χ1n) is 3.92. The van der Waals surface area contributed by atoms with E-state index in [-0.39, 0.29) is 30.4 Å². The summed E-state index contributed by atoms with van der Waals surface area (Å²) in [6.45, 7) is 1.01. The van der Waals surface area contributed by atoms with E-state index >= 15 is 0 Å². The predicted octanol–water partition coefficient (Wildman–Crippen LogP) is -1.92. The van der Waals surface area contributed by atoms with E-state index in [0.29, 0.717) is 13.1 Å². The Morgan fingerprint density at radius 2 is 2.08 bits per heavy atom. The molecule has 2 heterocycles. The number of rotatable bonds is 1. The molecule has 5 nitrogen and oxygen atoms in total. The van der Waals surface area contributed by atoms with Crippen LogP contribution >= 0.6 is 0 Å². The van der Waals surface area contributed by atoms with Crippen LogP contribution in [0, 0.1) is 0 Å². The molecule has 2 rings (SSSR count). The standard InChI is InChI=1S/C7H10N2O3/c10-4-2-9(3-4)5-1-6(11)8-7(5)12/h4-5,10H,1-3H2,(H,8,11,12). The number of amides is 2. The Labute approximate surface area is 69.3 Å². The number of imide groups is 1. The molecule has 0 radical (unpaired) electrons. The normalized spacial score (nSPS) is 31.9. The fourth-order valence-corrected chi connectivity index (χ4v) is 1.58. The van der Waals surface area contributed by atoms with Gasteiger partial charge in [0.2, 0.25) is 11.8 Å². The molecule has 0 aromatic heterocycles. The number of hydrogen-bond donors (Lipinski definition) is 2. The Morgan fingerprint density at radius 3 is 2.50 bits per heavy atom. The van der Waals surface area contributed by atoms with Gasteiger partial charge in [-0.2, -0.15) is 0 Å². The van der Waals surface area contributed by atoms with E-state index in [1.54, 1.807) is 0 Å². The topological polar surface area (TPSA) is 69.6 Å². The number of carbonyl (C=O) groups excluding carboxylic acids is 2. The van der Waals surface area contributed by atoms with Crippen molar-refractivity contribution in [3.8, 4) is 0 Å². The van der Waals surface area contributed by atoms with Gasteiger partial charge in [-0.15, -0.1) is 0 Å². The van der Waals surface area contributed by atoms with Crippen LogP contribution in [0.15, 0.2) is 0 Å². The van der Waals surface area contributed by atoms with Crippen LogP contribution in [0.4, 0.5) is 0 Å². The van der Waals surface area contributed by atoms with E-state index in [9.17, 15) is 9.59 Å². The lowest BCUT2D eigenvalue weighted by molar-refractivity contribution is -0.128. The summed E-state index contributed by atoms with van der Waals surface area (Å²) < 4.78 is 0. The van der Waals surface area contributed by atoms with Gasteiger partial charge in [0, 0.05) is 13.1 Å². The number of aliphatic hydroxyl groups excluding tert-OH is 1. The van der Waals surface area contributed by atoms with Crippen LogP contribution in [-0.4, -0.2) is 47.1 Å². The Balaban J connectivity index is 1.97. The first-order valence-corrected chi connectivity index (χ1v) is 3.92. The first kappa shape index (κ1) is 7.70. The van der Waals surface area contributed by atoms with Gasteiger partial charge in [0.1, 0.15) is 0 Å². The molecule has 2 fully saturated rings. The maximum Gasteiger partial charge on any atom is 0.244 e. The van der Waals surface area contributed by atoms with Crippen LogP contribution in [0.25, 0.3) is 0 Å². The number of nitrogens with one attached hydrogen (secondary N) is 1. The molecule has 5 heteroatoms. The molecule has 2 saturated heterocycles. The second-order valence-corrected chi connectivity index (χ2v) is 3.24. The van der Waals surface area contributed by atoms with Crippen molar-refractivity contribution in [2.24, 2.45) is 0 Å². The van der Waals surface area contributed by atoms with E-state index in [1.165, 1.54) is 0 Å². The Bertz CT molecular complexity index is 235. The molecular formula is C7H10N2O3. The summed E-state index contributed by atoms with van der Waals surface area (Å²) in [5.41, 5.74) is 0. The van der Waals surface area contributed by atoms with E-state index in [0.717, 1.165) is 0 Å². The van der Waals surface area contributed by atoms with Crippen LogP contribution in [0.2, 0.25) is 0 Å². The quantitative estimate of drug-likeness (QED) is 0.450. The molecular weight excluding hydrogens is 160 g/mol. The molecule has 1 unspecified atom stereocenters. The molecule has 2 aliphatic heterocycles. The van der Waals surface area contributed by atoms with Gasteiger partial charge in [-0.1, -0.05) is 0 Å². The summed E-state index contributed by atoms with van der Waals surface area (Å²) in [4.78, 5) is 23.6. The predicted molar refractivity (Wildman–Crippen MR) is 39.1 cm³/mol. The smallest absolute Gasteiger partial charge is 0.244 e. The van der Waals surface area contributed by atoms with Gasteiger partial charge in [-0.3, -0.25) is 19.8 Å². The van der Waals surface area contributed by atoms with Crippen molar-refractivity contribution in [3.63, 3.8) is 0 Å². The van der Waals surface area contributed by atoms with Crippen molar-refractivity contribution in [2.45, 2.75) is 18.6 Å². The van der Waals surface area contributed by atoms with E-state index in [2.05, 4.69) is 5.32 Å². The maximum absolute atomic E-state index is 11.1. The lowest BCUT2D eigenvalue weighted by atomic mass is 10.1. The SMILES string of the molecule is O=C1CC(N2CC(O)C2)C(=O)N1. The molecule has 2 aliphatic rings. The minimum absolute atomic E-state index is 0.216. The average Bonchev–Trinajstić information content (AvgIpc) is 2.23. The minimum atomic E-state index is -0.333. The highest BCUT2D eigenvalue weighted by atomic mass is 16.3. The highest BCUT2D eigenvalue weighted by molar-refractivity contribution is 6.05. The third-order valence-corrected chi connectivity index (χ3v) is 2.28. The van der Waals surface area contributed by atoms with Crippen LogP contribution in [0.1, 0.15) is 6.42 Å². The summed E-state index contributed by atoms with van der Waals surface area (Å²) >= 11 is 0. The van der Waals surface area contributed by atoms with E-state index in [1.807, 2.05) is 4.90 Å². The van der Waals surface area contributed by atoms with Crippen molar-refractivity contribution < 1.29 is 14.7 Å². The third kappa shape index (κ3) is 1.11. The highest BCUT2D eigenvalue weighted by Crippen LogP contribution is 2.17. The summed E-state index contributed by atoms with van der Waals surface area (Å²) in [7, 11) is 0. The van der Waals surface area contributed by atoms with Gasteiger partial charge in [0.05, 0.1) is 18.6 Å². The molecule has 2 amide bonds. The molecule has 1 atom stereocenters. The van der Waals surface area contributed by atoms with Gasteiger partial charge in [0.25, 0.3) is 0 Å². The van der Waals surface area contributed by atoms with Crippen LogP contribution < -0.4 is 5.32 Å². The van der Waals surface area contributed by atoms with Crippen molar-refractivity contribution in [3.05, 3.63) is 0 Å². The van der Waals surface area contributed by atoms with Crippen molar-refractivity contribution in [2.75, 3.05) is 13.1 Å². The van der Waals surface area contributed by atoms with Gasteiger partial charge >= 0.3 is 0 Å². The fourth-order valence-electron chi connectivity index (χ4n) is 1.58. The number of β-amino-alcohol motifs (C(OH)–C–C–N with tert-alkyl or cyclic N) is 1. The number of likely N-dealkylation sites (tertiary alicyclic amines) is 1. The largest absolute Gasteiger partial charge is 0.390 e. The average molecular weight is 170 g/mol. The first-order chi connectivity index (χ1) is 5.66. The molecule has 0 bridgehead atoms. The van der Waals surface area contributed by atoms with Crippen LogP contribution in [0.5, 0.6) is 0 Å². The third-order valence-electron chi connectivity index (χ3n) is 2.28. The van der Waals surface area contributed by atoms with Gasteiger partial charge in [0.15, 0.2) is 0 Å². The molecule has 66 valence electrons. The molecule has 0 spiro atoms. The Kier molecular flexibility index (Phi) is 1.62. The highest BCUT2D eigenvalue weighted by Gasteiger charge is 2.40. The summed E-state index contributed by atoms with van der Waals surface area (Å²) in [5, 5.41) is 11.2. The molecule has 2 N–H and O–H groups in total. The van der Waals surface area contributed by atoms with Crippen LogP contribution in [-0.2, 0) is 9.59 Å². The van der Waals surface area contributed by atoms with Crippen molar-refractivity contribution >= 4 is 11.8 Å². The number of hydrogen-bond acceptors (Lipinski definition) is 4. The Hall–Kier alpha value is -0.940. The molecule has 12 heavy (non-hydrogen) atoms. The number of nitrogens with zero attached hydrogens (tertiary/aromatic N) is 1. The van der Waals surface area contributed by atoms with E-state index in [4.69, 9.17) is 5.11 Å². The molecule has 0 aromatic rings. The van der Waals surface area contributed by atoms with E-state index < -0.39 is 0 Å². The summed E-state index contributed by atoms with van der Waals surface area (Å²) in [5.74, 6) is -0.446. The summed E-state index contributed by atoms with van der Waals surface area (Å²) in [6.07, 6.45) is -0.0838. The molecule has 0 saturated carbocycles. The van der Waals surface area contributed by atoms with Crippen LogP contribution in [0.3, 0.4) is 0 Å². The zero-order chi connectivity index (χ0) is 8.72. The van der Waals surface area contributed by atoms with Gasteiger partial charge in [-0.05, 0) is 0 Å². The number of aliphatic hydroxyl groups is 1. The second-order valence-electron chi connectivity index (χ2n) is 3.24. The number of carbonyl (C=O) groups is 2. The maximum atomic E-state index is 11.1. The van der Waals surface area contributed by atoms with Gasteiger partial charge in [-0.25, -0.2) is 0 Å². The zero-order valence-corrected chi connectivity index (χ0v) is 6.49. The lowest BCUT2D eigenvalue weighted by Gasteiger charge is -2.38. The second kappa shape index (κ2) is 2.53.